The molecular weight excluding hydrogens is 503 g/mol. The second kappa shape index (κ2) is 12.4. The van der Waals surface area contributed by atoms with Gasteiger partial charge in [-0.2, -0.15) is 0 Å². The van der Waals surface area contributed by atoms with Gasteiger partial charge in [-0.25, -0.2) is 9.37 Å². The number of hydrogen-bond acceptors (Lipinski definition) is 7. The van der Waals surface area contributed by atoms with Gasteiger partial charge in [0, 0.05) is 25.3 Å². The van der Waals surface area contributed by atoms with Crippen LogP contribution >= 0.6 is 0 Å². The highest BCUT2D eigenvalue weighted by Gasteiger charge is 2.53. The number of amides is 1. The van der Waals surface area contributed by atoms with Crippen LogP contribution in [-0.4, -0.2) is 56.8 Å². The molecule has 2 fully saturated rings. The molecule has 8 nitrogen and oxygen atoms in total. The third-order valence-electron chi connectivity index (χ3n) is 8.37. The van der Waals surface area contributed by atoms with Gasteiger partial charge in [-0.15, -0.1) is 0 Å². The Kier molecular flexibility index (Phi) is 9.94. The summed E-state index contributed by atoms with van der Waals surface area (Å²) in [6, 6.07) is -0.994. The van der Waals surface area contributed by atoms with Crippen molar-refractivity contribution in [1.29, 1.82) is 0 Å². The van der Waals surface area contributed by atoms with Crippen LogP contribution in [0.3, 0.4) is 0 Å². The summed E-state index contributed by atoms with van der Waals surface area (Å²) in [5, 5.41) is 25.0. The second-order valence-electron chi connectivity index (χ2n) is 12.4. The fourth-order valence-electron chi connectivity index (χ4n) is 5.38. The summed E-state index contributed by atoms with van der Waals surface area (Å²) in [5.41, 5.74) is -0.448. The van der Waals surface area contributed by atoms with Crippen molar-refractivity contribution in [3.8, 4) is 0 Å². The zero-order valence-corrected chi connectivity index (χ0v) is 24.3. The molecule has 3 heterocycles. The summed E-state index contributed by atoms with van der Waals surface area (Å²) in [4.78, 5) is 30.9. The van der Waals surface area contributed by atoms with E-state index in [4.69, 9.17) is 9.15 Å². The third-order valence-corrected chi connectivity index (χ3v) is 8.37. The lowest BCUT2D eigenvalue weighted by Gasteiger charge is -2.36. The Balaban J connectivity index is 1.90. The van der Waals surface area contributed by atoms with Crippen LogP contribution in [0.4, 0.5) is 4.39 Å². The van der Waals surface area contributed by atoms with Gasteiger partial charge in [-0.05, 0) is 46.0 Å². The van der Waals surface area contributed by atoms with Gasteiger partial charge in [0.05, 0.1) is 41.8 Å². The molecule has 3 rings (SSSR count). The summed E-state index contributed by atoms with van der Waals surface area (Å²) in [6.07, 6.45) is 4.31. The number of aromatic nitrogens is 1. The number of carbonyl (C=O) groups is 2. The van der Waals surface area contributed by atoms with Crippen LogP contribution in [0, 0.1) is 24.2 Å². The first-order chi connectivity index (χ1) is 18.1. The fraction of sp³-hybridized carbons (Fsp3) is 0.700. The molecule has 0 aliphatic carbocycles. The number of carbonyl (C=O) groups excluding carboxylic acids is 2. The maximum Gasteiger partial charge on any atom is 0.223 e. The van der Waals surface area contributed by atoms with Gasteiger partial charge < -0.3 is 24.7 Å². The average molecular weight is 549 g/mol. The van der Waals surface area contributed by atoms with Gasteiger partial charge in [0.2, 0.25) is 5.91 Å². The van der Waals surface area contributed by atoms with Gasteiger partial charge in [0.15, 0.2) is 5.89 Å². The molecule has 7 unspecified atom stereocenters. The molecule has 7 atom stereocenters. The number of aliphatic hydroxyl groups excluding tert-OH is 2. The molecule has 0 aromatic carbocycles. The number of rotatable bonds is 4. The van der Waals surface area contributed by atoms with Crippen molar-refractivity contribution in [3.63, 3.8) is 0 Å². The highest BCUT2D eigenvalue weighted by molar-refractivity contribution is 5.88. The molecule has 2 aliphatic heterocycles. The Bertz CT molecular complexity index is 1090. The third kappa shape index (κ3) is 7.86. The Morgan fingerprint density at radius 1 is 1.26 bits per heavy atom. The van der Waals surface area contributed by atoms with E-state index in [-0.39, 0.29) is 24.2 Å². The molecule has 1 aromatic rings. The molecule has 0 spiro atoms. The second-order valence-corrected chi connectivity index (χ2v) is 12.4. The van der Waals surface area contributed by atoms with Gasteiger partial charge in [-0.1, -0.05) is 38.8 Å². The van der Waals surface area contributed by atoms with Crippen molar-refractivity contribution in [2.24, 2.45) is 17.3 Å². The van der Waals surface area contributed by atoms with E-state index in [1.54, 1.807) is 20.8 Å². The molecule has 0 saturated carbocycles. The number of allylic oxidation sites excluding steroid dienone is 2. The number of ketones is 1. The summed E-state index contributed by atoms with van der Waals surface area (Å²) in [6.45, 7) is 12.6. The van der Waals surface area contributed by atoms with E-state index in [9.17, 15) is 19.8 Å². The predicted molar refractivity (Wildman–Crippen MR) is 146 cm³/mol. The van der Waals surface area contributed by atoms with Gasteiger partial charge in [0.1, 0.15) is 23.6 Å². The molecule has 1 aromatic heterocycles. The van der Waals surface area contributed by atoms with Crippen LogP contribution in [0.1, 0.15) is 91.7 Å². The molecule has 1 amide bonds. The monoisotopic (exact) mass is 548 g/mol. The first-order valence-corrected chi connectivity index (χ1v) is 13.9. The zero-order chi connectivity index (χ0) is 29.1. The number of Topliss-reactive ketones (excluding diaryl/α,β-unsaturated/α-hetero) is 1. The predicted octanol–water partition coefficient (Wildman–Crippen LogP) is 4.83. The maximum atomic E-state index is 15.4. The highest BCUT2D eigenvalue weighted by Crippen LogP contribution is 2.44. The maximum absolute atomic E-state index is 15.4. The van der Waals surface area contributed by atoms with Gasteiger partial charge >= 0.3 is 0 Å². The van der Waals surface area contributed by atoms with E-state index in [2.05, 4.69) is 10.3 Å². The van der Waals surface area contributed by atoms with Crippen LogP contribution in [-0.2, 0) is 14.3 Å². The molecule has 2 saturated heterocycles. The first-order valence-electron chi connectivity index (χ1n) is 13.9. The van der Waals surface area contributed by atoms with Crippen molar-refractivity contribution in [1.82, 2.24) is 10.3 Å². The molecule has 218 valence electrons. The van der Waals surface area contributed by atoms with Crippen molar-refractivity contribution >= 4 is 17.8 Å². The minimum atomic E-state index is -1.33. The quantitative estimate of drug-likeness (QED) is 0.364. The number of nitrogens with zero attached hydrogens (tertiary/aromatic N) is 1. The fourth-order valence-corrected chi connectivity index (χ4v) is 5.38. The number of ether oxygens (including phenoxy) is 1. The first kappa shape index (κ1) is 31.2. The molecule has 0 bridgehead atoms. The van der Waals surface area contributed by atoms with E-state index in [1.165, 1.54) is 12.3 Å². The van der Waals surface area contributed by atoms with Gasteiger partial charge in [-0.3, -0.25) is 9.59 Å². The SMILES string of the molecule is CC(C)=CCC1C(=O)C(C)(C)C(O)CC(=O)NC(C(F)=Cc2coc(C)n2)CC2OC2(C)CCCC(C)C1O. The number of aryl methyl sites for hydroxylation is 1. The number of epoxide rings is 1. The lowest BCUT2D eigenvalue weighted by atomic mass is 9.71. The Morgan fingerprint density at radius 2 is 1.95 bits per heavy atom. The van der Waals surface area contributed by atoms with Gasteiger partial charge in [0.25, 0.3) is 0 Å². The Hall–Kier alpha value is -2.36. The topological polar surface area (TPSA) is 125 Å². The van der Waals surface area contributed by atoms with Crippen LogP contribution in [0.5, 0.6) is 0 Å². The minimum Gasteiger partial charge on any atom is -0.449 e. The molecule has 0 radical (unpaired) electrons. The number of aliphatic hydroxyl groups is 2. The standard InChI is InChI=1S/C30H45FN2O6/c1-17(2)10-11-21-27(36)18(3)9-8-12-30(7)25(39-30)14-23(22(31)13-20-16-38-19(4)32-20)33-26(35)15-24(34)29(5,6)28(21)37/h10,13,16,18,21,23-25,27,34,36H,8-9,11-12,14-15H2,1-7H3,(H,33,35). The number of hydrogen-bond donors (Lipinski definition) is 3. The van der Waals surface area contributed by atoms with Crippen molar-refractivity contribution in [2.75, 3.05) is 0 Å². The molecule has 9 heteroatoms. The van der Waals surface area contributed by atoms with Crippen LogP contribution in [0.2, 0.25) is 0 Å². The van der Waals surface area contributed by atoms with E-state index in [0.29, 0.717) is 30.8 Å². The Morgan fingerprint density at radius 3 is 2.56 bits per heavy atom. The summed E-state index contributed by atoms with van der Waals surface area (Å²) in [5.74, 6) is -1.97. The normalized spacial score (nSPS) is 34.7. The average Bonchev–Trinajstić information content (AvgIpc) is 3.29. The van der Waals surface area contributed by atoms with E-state index < -0.39 is 53.3 Å². The lowest BCUT2D eigenvalue weighted by Crippen LogP contribution is -2.48. The molecular formula is C30H45FN2O6. The largest absolute Gasteiger partial charge is 0.449 e. The Labute approximate surface area is 231 Å². The number of oxazole rings is 1. The smallest absolute Gasteiger partial charge is 0.223 e. The van der Waals surface area contributed by atoms with Crippen LogP contribution in [0.25, 0.3) is 6.08 Å². The van der Waals surface area contributed by atoms with Crippen LogP contribution < -0.4 is 5.32 Å². The summed E-state index contributed by atoms with van der Waals surface area (Å²) >= 11 is 0. The number of halogens is 1. The lowest BCUT2D eigenvalue weighted by molar-refractivity contribution is -0.144. The van der Waals surface area contributed by atoms with Crippen LogP contribution in [0.15, 0.2) is 28.2 Å². The summed E-state index contributed by atoms with van der Waals surface area (Å²) in [7, 11) is 0. The van der Waals surface area contributed by atoms with E-state index in [1.807, 2.05) is 33.8 Å². The zero-order valence-electron chi connectivity index (χ0n) is 24.3. The molecule has 39 heavy (non-hydrogen) atoms. The molecule has 3 N–H and O–H groups in total. The number of fused-ring (bicyclic) bond motifs is 1. The summed E-state index contributed by atoms with van der Waals surface area (Å²) < 4.78 is 26.6. The highest BCUT2D eigenvalue weighted by atomic mass is 19.1. The van der Waals surface area contributed by atoms with E-state index in [0.717, 1.165) is 12.0 Å². The van der Waals surface area contributed by atoms with Crippen molar-refractivity contribution in [3.05, 3.63) is 35.3 Å². The minimum absolute atomic E-state index is 0.159. The molecule has 2 aliphatic rings. The van der Waals surface area contributed by atoms with Crippen molar-refractivity contribution < 1.29 is 33.3 Å². The number of nitrogens with one attached hydrogen (secondary N) is 1. The van der Waals surface area contributed by atoms with Crippen molar-refractivity contribution in [2.45, 2.75) is 117 Å². The van der Waals surface area contributed by atoms with E-state index >= 15 is 4.39 Å².